The lowest BCUT2D eigenvalue weighted by molar-refractivity contribution is -0.191. The van der Waals surface area contributed by atoms with Crippen molar-refractivity contribution >= 4 is 12.1 Å². The second-order valence-corrected chi connectivity index (χ2v) is 2.55. The number of cyclic esters (lactones) is 1. The molecule has 2 fully saturated rings. The Hall–Kier alpha value is -1.19. The van der Waals surface area contributed by atoms with Gasteiger partial charge in [0.05, 0.1) is 19.3 Å². The fraction of sp³-hybridized carbons (Fsp3) is 0.750. The van der Waals surface area contributed by atoms with Gasteiger partial charge in [0.1, 0.15) is 0 Å². The van der Waals surface area contributed by atoms with Crippen LogP contribution in [0, 0.1) is 0 Å². The van der Waals surface area contributed by atoms with E-state index in [1.54, 1.807) is 0 Å². The van der Waals surface area contributed by atoms with Crippen molar-refractivity contribution in [3.05, 3.63) is 0 Å². The second-order valence-electron chi connectivity index (χ2n) is 2.55. The van der Waals surface area contributed by atoms with Crippen molar-refractivity contribution < 1.29 is 23.9 Å². The first-order chi connectivity index (χ1) is 6.20. The molecule has 0 saturated carbocycles. The molecule has 0 bridgehead atoms. The molecule has 2 saturated heterocycles. The SMILES string of the molecule is CC1CO1.O=C1CCCO1.O=C=O. The van der Waals surface area contributed by atoms with Gasteiger partial charge in [-0.15, -0.1) is 0 Å². The van der Waals surface area contributed by atoms with Gasteiger partial charge in [0, 0.05) is 6.42 Å². The Bertz CT molecular complexity index is 171. The highest BCUT2D eigenvalue weighted by atomic mass is 16.6. The highest BCUT2D eigenvalue weighted by molar-refractivity contribution is 5.70. The van der Waals surface area contributed by atoms with Crippen LogP contribution in [-0.4, -0.2) is 31.4 Å². The third-order valence-electron chi connectivity index (χ3n) is 1.29. The summed E-state index contributed by atoms with van der Waals surface area (Å²) in [6.07, 6.45) is 2.37. The molecule has 0 amide bonds. The number of hydrogen-bond acceptors (Lipinski definition) is 5. The van der Waals surface area contributed by atoms with Gasteiger partial charge >= 0.3 is 12.1 Å². The monoisotopic (exact) mass is 188 g/mol. The fourth-order valence-corrected chi connectivity index (χ4v) is 0.571. The number of epoxide rings is 1. The number of carbonyl (C=O) groups is 1. The first kappa shape index (κ1) is 11.8. The summed E-state index contributed by atoms with van der Waals surface area (Å²) in [5.74, 6) is -0.0463. The summed E-state index contributed by atoms with van der Waals surface area (Å²) in [5, 5.41) is 0. The largest absolute Gasteiger partial charge is 0.466 e. The average molecular weight is 188 g/mol. The van der Waals surface area contributed by atoms with E-state index in [2.05, 4.69) is 11.7 Å². The zero-order valence-corrected chi connectivity index (χ0v) is 7.45. The molecule has 2 rings (SSSR count). The van der Waals surface area contributed by atoms with Crippen LogP contribution in [0.25, 0.3) is 0 Å². The van der Waals surface area contributed by atoms with E-state index in [9.17, 15) is 4.79 Å². The standard InChI is InChI=1S/C4H6O2.C3H6O.CO2/c5-4-2-1-3-6-4;1-3-2-4-3;2-1-3/h1-3H2;3H,2H2,1H3;. The zero-order chi connectivity index (χ0) is 10.1. The summed E-state index contributed by atoms with van der Waals surface area (Å²) in [4.78, 5) is 26.3. The lowest BCUT2D eigenvalue weighted by Gasteiger charge is -1.81. The number of hydrogen-bond donors (Lipinski definition) is 0. The van der Waals surface area contributed by atoms with Crippen molar-refractivity contribution in [1.82, 2.24) is 0 Å². The van der Waals surface area contributed by atoms with Gasteiger partial charge in [0.2, 0.25) is 0 Å². The summed E-state index contributed by atoms with van der Waals surface area (Å²) in [5.41, 5.74) is 0. The van der Waals surface area contributed by atoms with E-state index in [1.165, 1.54) is 0 Å². The molecule has 2 heterocycles. The highest BCUT2D eigenvalue weighted by Gasteiger charge is 2.13. The van der Waals surface area contributed by atoms with Crippen LogP contribution in [0.3, 0.4) is 0 Å². The molecule has 74 valence electrons. The molecule has 13 heavy (non-hydrogen) atoms. The number of rotatable bonds is 0. The molecule has 0 aromatic carbocycles. The van der Waals surface area contributed by atoms with Gasteiger partial charge in [0.15, 0.2) is 0 Å². The van der Waals surface area contributed by atoms with E-state index < -0.39 is 0 Å². The third kappa shape index (κ3) is 10.8. The molecular weight excluding hydrogens is 176 g/mol. The molecular formula is C8H12O5. The van der Waals surface area contributed by atoms with E-state index in [1.807, 2.05) is 0 Å². The topological polar surface area (TPSA) is 73.0 Å². The Balaban J connectivity index is 0.000000180. The molecule has 0 radical (unpaired) electrons. The third-order valence-corrected chi connectivity index (χ3v) is 1.29. The molecule has 2 aliphatic rings. The van der Waals surface area contributed by atoms with Gasteiger partial charge in [-0.1, -0.05) is 0 Å². The van der Waals surface area contributed by atoms with Crippen molar-refractivity contribution in [2.45, 2.75) is 25.9 Å². The molecule has 5 nitrogen and oxygen atoms in total. The fourth-order valence-electron chi connectivity index (χ4n) is 0.571. The molecule has 0 aromatic heterocycles. The summed E-state index contributed by atoms with van der Waals surface area (Å²) in [6.45, 7) is 3.68. The summed E-state index contributed by atoms with van der Waals surface area (Å²) < 4.78 is 9.22. The zero-order valence-electron chi connectivity index (χ0n) is 7.45. The molecule has 0 N–H and O–H groups in total. The van der Waals surface area contributed by atoms with Crippen molar-refractivity contribution in [1.29, 1.82) is 0 Å². The molecule has 1 unspecified atom stereocenters. The predicted molar refractivity (Wildman–Crippen MR) is 40.6 cm³/mol. The maximum atomic E-state index is 10.0. The first-order valence-electron chi connectivity index (χ1n) is 3.97. The van der Waals surface area contributed by atoms with Crippen LogP contribution >= 0.6 is 0 Å². The molecule has 0 spiro atoms. The van der Waals surface area contributed by atoms with Crippen LogP contribution in [0.4, 0.5) is 0 Å². The van der Waals surface area contributed by atoms with Crippen LogP contribution in [-0.2, 0) is 23.9 Å². The van der Waals surface area contributed by atoms with Crippen molar-refractivity contribution in [2.24, 2.45) is 0 Å². The van der Waals surface area contributed by atoms with Crippen molar-refractivity contribution in [2.75, 3.05) is 13.2 Å². The van der Waals surface area contributed by atoms with E-state index in [-0.39, 0.29) is 12.1 Å². The minimum atomic E-state index is -0.0463. The average Bonchev–Trinajstić information content (AvgIpc) is 2.69. The van der Waals surface area contributed by atoms with E-state index in [0.717, 1.165) is 13.0 Å². The van der Waals surface area contributed by atoms with Crippen LogP contribution in [0.15, 0.2) is 0 Å². The van der Waals surface area contributed by atoms with Crippen LogP contribution in [0.1, 0.15) is 19.8 Å². The molecule has 0 aromatic rings. The van der Waals surface area contributed by atoms with Gasteiger partial charge in [-0.3, -0.25) is 4.79 Å². The smallest absolute Gasteiger partial charge is 0.373 e. The quantitative estimate of drug-likeness (QED) is 0.399. The highest BCUT2D eigenvalue weighted by Crippen LogP contribution is 2.04. The molecule has 0 aliphatic carbocycles. The number of carbonyl (C=O) groups excluding carboxylic acids is 3. The van der Waals surface area contributed by atoms with E-state index in [0.29, 0.717) is 19.1 Å². The summed E-state index contributed by atoms with van der Waals surface area (Å²) in [6, 6.07) is 0. The van der Waals surface area contributed by atoms with Gasteiger partial charge in [-0.05, 0) is 13.3 Å². The Morgan fingerprint density at radius 3 is 2.00 bits per heavy atom. The van der Waals surface area contributed by atoms with Gasteiger partial charge in [0.25, 0.3) is 0 Å². The Labute approximate surface area is 76.0 Å². The number of ether oxygens (including phenoxy) is 2. The Morgan fingerprint density at radius 1 is 1.46 bits per heavy atom. The van der Waals surface area contributed by atoms with Gasteiger partial charge in [-0.2, -0.15) is 9.59 Å². The maximum absolute atomic E-state index is 10.0. The predicted octanol–water partition coefficient (Wildman–Crippen LogP) is 0.145. The Kier molecular flexibility index (Phi) is 6.78. The second kappa shape index (κ2) is 7.46. The van der Waals surface area contributed by atoms with Gasteiger partial charge < -0.3 is 9.47 Å². The van der Waals surface area contributed by atoms with E-state index in [4.69, 9.17) is 14.3 Å². The lowest BCUT2D eigenvalue weighted by Crippen LogP contribution is -1.88. The van der Waals surface area contributed by atoms with Crippen LogP contribution in [0.5, 0.6) is 0 Å². The van der Waals surface area contributed by atoms with Crippen LogP contribution < -0.4 is 0 Å². The lowest BCUT2D eigenvalue weighted by atomic mass is 10.4. The molecule has 1 atom stereocenters. The van der Waals surface area contributed by atoms with Crippen molar-refractivity contribution in [3.8, 4) is 0 Å². The first-order valence-corrected chi connectivity index (χ1v) is 3.97. The van der Waals surface area contributed by atoms with Gasteiger partial charge in [-0.25, -0.2) is 0 Å². The van der Waals surface area contributed by atoms with E-state index >= 15 is 0 Å². The minimum Gasteiger partial charge on any atom is -0.466 e. The summed E-state index contributed by atoms with van der Waals surface area (Å²) >= 11 is 0. The summed E-state index contributed by atoms with van der Waals surface area (Å²) in [7, 11) is 0. The minimum absolute atomic E-state index is 0.0463. The molecule has 2 aliphatic heterocycles. The normalized spacial score (nSPS) is 22.5. The Morgan fingerprint density at radius 2 is 1.92 bits per heavy atom. The molecule has 5 heteroatoms. The number of esters is 1. The maximum Gasteiger partial charge on any atom is 0.373 e. The van der Waals surface area contributed by atoms with Crippen LogP contribution in [0.2, 0.25) is 0 Å². The van der Waals surface area contributed by atoms with Crippen molar-refractivity contribution in [3.63, 3.8) is 0 Å².